The molecule has 10 heteroatoms. The van der Waals surface area contributed by atoms with E-state index in [4.69, 9.17) is 33.5 Å². The lowest BCUT2D eigenvalue weighted by Crippen LogP contribution is -2.46. The van der Waals surface area contributed by atoms with Crippen LogP contribution in [0.25, 0.3) is 0 Å². The molecule has 3 aromatic carbocycles. The molecule has 0 aromatic heterocycles. The van der Waals surface area contributed by atoms with E-state index in [1.807, 2.05) is 78.9 Å². The van der Waals surface area contributed by atoms with Crippen LogP contribution in [-0.4, -0.2) is 68.8 Å². The van der Waals surface area contributed by atoms with E-state index in [1.54, 1.807) is 14.2 Å². The van der Waals surface area contributed by atoms with E-state index in [-0.39, 0.29) is 26.1 Å². The zero-order valence-electron chi connectivity index (χ0n) is 23.7. The highest BCUT2D eigenvalue weighted by Gasteiger charge is 2.49. The molecule has 0 amide bonds. The Hall–Kier alpha value is -4.41. The number of rotatable bonds is 13. The van der Waals surface area contributed by atoms with Crippen LogP contribution in [0.5, 0.6) is 11.5 Å². The van der Waals surface area contributed by atoms with Crippen LogP contribution in [-0.2, 0) is 38.9 Å². The van der Waals surface area contributed by atoms with Crippen LogP contribution in [0.4, 0.5) is 0 Å². The predicted octanol–water partition coefficient (Wildman–Crippen LogP) is 4.12. The number of carbonyl (C=O) groups is 3. The fourth-order valence-corrected chi connectivity index (χ4v) is 4.95. The summed E-state index contributed by atoms with van der Waals surface area (Å²) in [5.74, 6) is -0.996. The van der Waals surface area contributed by atoms with Gasteiger partial charge in [0.25, 0.3) is 0 Å². The van der Waals surface area contributed by atoms with Crippen LogP contribution < -0.4 is 9.47 Å². The molecule has 3 aromatic rings. The molecule has 42 heavy (non-hydrogen) atoms. The summed E-state index contributed by atoms with van der Waals surface area (Å²) >= 11 is 0. The van der Waals surface area contributed by atoms with Gasteiger partial charge >= 0.3 is 17.9 Å². The molecule has 222 valence electrons. The van der Waals surface area contributed by atoms with Crippen molar-refractivity contribution in [3.63, 3.8) is 0 Å². The molecule has 0 saturated carbocycles. The highest BCUT2D eigenvalue weighted by molar-refractivity contribution is 5.76. The van der Waals surface area contributed by atoms with Crippen molar-refractivity contribution in [3.8, 4) is 11.5 Å². The molecule has 1 fully saturated rings. The largest absolute Gasteiger partial charge is 0.497 e. The van der Waals surface area contributed by atoms with Crippen LogP contribution in [0.1, 0.15) is 36.5 Å². The normalized spacial score (nSPS) is 18.2. The first-order chi connectivity index (χ1) is 20.3. The second-order valence-electron chi connectivity index (χ2n) is 9.68. The minimum atomic E-state index is -1.25. The van der Waals surface area contributed by atoms with Crippen molar-refractivity contribution >= 4 is 17.9 Å². The Bertz CT molecular complexity index is 1290. The summed E-state index contributed by atoms with van der Waals surface area (Å²) < 4.78 is 34.8. The molecule has 3 unspecified atom stereocenters. The molecular weight excluding hydrogens is 544 g/mol. The molecule has 1 heterocycles. The third-order valence-electron chi connectivity index (χ3n) is 6.96. The molecular formula is C32H34O10. The Kier molecular flexibility index (Phi) is 10.2. The monoisotopic (exact) mass is 578 g/mol. The summed E-state index contributed by atoms with van der Waals surface area (Å²) in [6.45, 7) is 1.09. The van der Waals surface area contributed by atoms with E-state index in [0.717, 1.165) is 16.7 Å². The predicted molar refractivity (Wildman–Crippen MR) is 150 cm³/mol. The second kappa shape index (κ2) is 14.0. The maximum Gasteiger partial charge on any atom is 0.306 e. The van der Waals surface area contributed by atoms with Crippen LogP contribution >= 0.6 is 0 Å². The van der Waals surface area contributed by atoms with E-state index < -0.39 is 41.8 Å². The van der Waals surface area contributed by atoms with Gasteiger partial charge in [-0.1, -0.05) is 54.6 Å². The van der Waals surface area contributed by atoms with Gasteiger partial charge in [-0.05, 0) is 41.0 Å². The van der Waals surface area contributed by atoms with Crippen LogP contribution in [0, 0.1) is 0 Å². The lowest BCUT2D eigenvalue weighted by atomic mass is 9.79. The molecule has 0 spiro atoms. The minimum absolute atomic E-state index is 0.0116. The zero-order chi connectivity index (χ0) is 30.1. The highest BCUT2D eigenvalue weighted by atomic mass is 16.6. The number of hydrogen-bond acceptors (Lipinski definition) is 9. The Morgan fingerprint density at radius 1 is 0.833 bits per heavy atom. The number of methoxy groups -OCH3 is 2. The van der Waals surface area contributed by atoms with Gasteiger partial charge in [0.2, 0.25) is 0 Å². The zero-order valence-corrected chi connectivity index (χ0v) is 23.7. The van der Waals surface area contributed by atoms with E-state index in [2.05, 4.69) is 0 Å². The molecule has 0 radical (unpaired) electrons. The number of carboxylic acid groups (broad SMARTS) is 1. The summed E-state index contributed by atoms with van der Waals surface area (Å²) in [5, 5.41) is 8.90. The van der Waals surface area contributed by atoms with Gasteiger partial charge in [-0.15, -0.1) is 0 Å². The number of esters is 2. The van der Waals surface area contributed by atoms with Gasteiger partial charge in [0.05, 0.1) is 33.7 Å². The number of aliphatic carboxylic acids is 1. The van der Waals surface area contributed by atoms with Crippen molar-refractivity contribution in [2.24, 2.45) is 0 Å². The average molecular weight is 579 g/mol. The van der Waals surface area contributed by atoms with Crippen molar-refractivity contribution in [1.29, 1.82) is 0 Å². The van der Waals surface area contributed by atoms with Crippen LogP contribution in [0.15, 0.2) is 78.9 Å². The first kappa shape index (κ1) is 30.5. The fraction of sp³-hybridized carbons (Fsp3) is 0.344. The van der Waals surface area contributed by atoms with Crippen molar-refractivity contribution < 1.29 is 47.9 Å². The SMILES string of the molecule is COc1ccc(C(OC2C(COC(=O)CCC(=O)O)OCC2OC(C)=O)(c2ccccc2)c2ccc(OC)cc2)cc1. The van der Waals surface area contributed by atoms with Crippen molar-refractivity contribution in [2.45, 2.75) is 43.7 Å². The molecule has 1 saturated heterocycles. The van der Waals surface area contributed by atoms with Gasteiger partial charge in [0.15, 0.2) is 6.10 Å². The molecule has 4 rings (SSSR count). The van der Waals surface area contributed by atoms with E-state index in [9.17, 15) is 14.4 Å². The summed E-state index contributed by atoms with van der Waals surface area (Å²) in [4.78, 5) is 35.2. The quantitative estimate of drug-likeness (QED) is 0.234. The topological polar surface area (TPSA) is 127 Å². The van der Waals surface area contributed by atoms with Crippen LogP contribution in [0.2, 0.25) is 0 Å². The number of carboxylic acids is 1. The maximum atomic E-state index is 12.2. The van der Waals surface area contributed by atoms with Crippen molar-refractivity contribution in [2.75, 3.05) is 27.4 Å². The van der Waals surface area contributed by atoms with Gasteiger partial charge in [0, 0.05) is 6.92 Å². The summed E-state index contributed by atoms with van der Waals surface area (Å²) in [5.41, 5.74) is 1.05. The molecule has 10 nitrogen and oxygen atoms in total. The average Bonchev–Trinajstić information content (AvgIpc) is 3.37. The van der Waals surface area contributed by atoms with Crippen LogP contribution in [0.3, 0.4) is 0 Å². The van der Waals surface area contributed by atoms with Gasteiger partial charge in [-0.25, -0.2) is 0 Å². The minimum Gasteiger partial charge on any atom is -0.497 e. The highest BCUT2D eigenvalue weighted by Crippen LogP contribution is 2.44. The Morgan fingerprint density at radius 3 is 1.88 bits per heavy atom. The lowest BCUT2D eigenvalue weighted by molar-refractivity contribution is -0.163. The smallest absolute Gasteiger partial charge is 0.306 e. The first-order valence-corrected chi connectivity index (χ1v) is 13.5. The number of hydrogen-bond donors (Lipinski definition) is 1. The summed E-state index contributed by atoms with van der Waals surface area (Å²) in [6, 6.07) is 24.5. The van der Waals surface area contributed by atoms with E-state index in [0.29, 0.717) is 11.5 Å². The molecule has 1 aliphatic heterocycles. The maximum absolute atomic E-state index is 12.2. The van der Waals surface area contributed by atoms with Crippen molar-refractivity contribution in [3.05, 3.63) is 95.6 Å². The number of ether oxygens (including phenoxy) is 6. The first-order valence-electron chi connectivity index (χ1n) is 13.5. The van der Waals surface area contributed by atoms with Gasteiger partial charge in [-0.2, -0.15) is 0 Å². The summed E-state index contributed by atoms with van der Waals surface area (Å²) in [6.07, 6.45) is -3.16. The summed E-state index contributed by atoms with van der Waals surface area (Å²) in [7, 11) is 3.17. The number of benzene rings is 3. The van der Waals surface area contributed by atoms with Crippen molar-refractivity contribution in [1.82, 2.24) is 0 Å². The van der Waals surface area contributed by atoms with E-state index in [1.165, 1.54) is 6.92 Å². The Labute approximate surface area is 244 Å². The molecule has 0 aliphatic carbocycles. The second-order valence-corrected chi connectivity index (χ2v) is 9.68. The Morgan fingerprint density at radius 2 is 1.38 bits per heavy atom. The number of carbonyl (C=O) groups excluding carboxylic acids is 2. The standard InChI is InChI=1S/C32H34O10/c1-21(33)41-28-20-39-27(19-40-30(36)18-17-29(34)35)31(28)42-32(22-7-5-4-6-8-22,23-9-13-25(37-2)14-10-23)24-11-15-26(38-3)16-12-24/h4-16,27-28,31H,17-20H2,1-3H3,(H,34,35). The van der Waals surface area contributed by atoms with Gasteiger partial charge in [0.1, 0.15) is 35.9 Å². The molecule has 0 bridgehead atoms. The molecule has 3 atom stereocenters. The van der Waals surface area contributed by atoms with Gasteiger partial charge < -0.3 is 33.5 Å². The molecule has 1 N–H and O–H groups in total. The molecule has 1 aliphatic rings. The Balaban J connectivity index is 1.81. The fourth-order valence-electron chi connectivity index (χ4n) is 4.95. The van der Waals surface area contributed by atoms with E-state index >= 15 is 0 Å². The lowest BCUT2D eigenvalue weighted by Gasteiger charge is -2.40. The third kappa shape index (κ3) is 7.07. The third-order valence-corrected chi connectivity index (χ3v) is 6.96. The van der Waals surface area contributed by atoms with Gasteiger partial charge in [-0.3, -0.25) is 14.4 Å².